The van der Waals surface area contributed by atoms with E-state index < -0.39 is 5.54 Å². The summed E-state index contributed by atoms with van der Waals surface area (Å²) in [5.74, 6) is 0.651. The van der Waals surface area contributed by atoms with Gasteiger partial charge in [-0.15, -0.1) is 10.2 Å². The van der Waals surface area contributed by atoms with Gasteiger partial charge in [0.25, 0.3) is 11.6 Å². The molecule has 0 fully saturated rings. The van der Waals surface area contributed by atoms with Gasteiger partial charge in [-0.1, -0.05) is 12.1 Å². The van der Waals surface area contributed by atoms with E-state index in [9.17, 15) is 0 Å². The molecule has 164 valence electrons. The largest absolute Gasteiger partial charge is 0.424 e. The minimum absolute atomic E-state index is 0.144. The van der Waals surface area contributed by atoms with Crippen LogP contribution >= 0.6 is 0 Å². The van der Waals surface area contributed by atoms with Crippen molar-refractivity contribution in [1.29, 1.82) is 0 Å². The lowest BCUT2D eigenvalue weighted by atomic mass is 10.0. The van der Waals surface area contributed by atoms with Crippen LogP contribution in [0.3, 0.4) is 0 Å². The maximum absolute atomic E-state index is 7.41. The summed E-state index contributed by atoms with van der Waals surface area (Å²) >= 11 is 0. The SMILES string of the molecule is [C-]#[N+]C(C)(C)c1ccc(-c2nnc3cnc4ccc(-c5ccc6nc(N)oc6c5)cc4n23)cn1. The molecule has 4 heterocycles. The van der Waals surface area contributed by atoms with Crippen LogP contribution in [0, 0.1) is 6.57 Å². The summed E-state index contributed by atoms with van der Waals surface area (Å²) in [4.78, 5) is 16.9. The summed E-state index contributed by atoms with van der Waals surface area (Å²) in [5.41, 5.74) is 12.1. The highest BCUT2D eigenvalue weighted by molar-refractivity contribution is 5.87. The first-order valence-electron chi connectivity index (χ1n) is 10.6. The fraction of sp³-hybridized carbons (Fsp3) is 0.120. The van der Waals surface area contributed by atoms with Gasteiger partial charge in [-0.25, -0.2) is 6.57 Å². The summed E-state index contributed by atoms with van der Waals surface area (Å²) in [7, 11) is 0. The Balaban J connectivity index is 1.52. The summed E-state index contributed by atoms with van der Waals surface area (Å²) < 4.78 is 7.46. The second kappa shape index (κ2) is 7.08. The minimum Gasteiger partial charge on any atom is -0.424 e. The number of hydrogen-bond acceptors (Lipinski definition) is 7. The quantitative estimate of drug-likeness (QED) is 0.385. The molecular formula is C25H18N8O. The Morgan fingerprint density at radius 2 is 1.68 bits per heavy atom. The number of pyridine rings is 1. The maximum atomic E-state index is 7.41. The Labute approximate surface area is 193 Å². The third kappa shape index (κ3) is 3.04. The van der Waals surface area contributed by atoms with E-state index in [4.69, 9.17) is 16.7 Å². The third-order valence-corrected chi connectivity index (χ3v) is 5.89. The first-order valence-corrected chi connectivity index (χ1v) is 10.6. The zero-order chi connectivity index (χ0) is 23.4. The average molecular weight is 446 g/mol. The highest BCUT2D eigenvalue weighted by Crippen LogP contribution is 2.30. The Morgan fingerprint density at radius 1 is 0.912 bits per heavy atom. The molecule has 9 heteroatoms. The zero-order valence-corrected chi connectivity index (χ0v) is 18.4. The van der Waals surface area contributed by atoms with E-state index in [0.29, 0.717) is 28.3 Å². The predicted molar refractivity (Wildman–Crippen MR) is 129 cm³/mol. The van der Waals surface area contributed by atoms with Crippen LogP contribution in [0.15, 0.2) is 65.3 Å². The molecule has 0 aliphatic carbocycles. The highest BCUT2D eigenvalue weighted by Gasteiger charge is 2.27. The molecule has 6 rings (SSSR count). The second-order valence-corrected chi connectivity index (χ2v) is 8.52. The van der Waals surface area contributed by atoms with Gasteiger partial charge in [0.05, 0.1) is 17.2 Å². The molecule has 4 aromatic heterocycles. The van der Waals surface area contributed by atoms with Crippen LogP contribution in [0.5, 0.6) is 0 Å². The van der Waals surface area contributed by atoms with Crippen LogP contribution in [-0.2, 0) is 5.54 Å². The van der Waals surface area contributed by atoms with Gasteiger partial charge in [0.1, 0.15) is 11.2 Å². The average Bonchev–Trinajstić information content (AvgIpc) is 3.46. The number of aromatic nitrogens is 6. The number of anilines is 1. The molecule has 34 heavy (non-hydrogen) atoms. The third-order valence-electron chi connectivity index (χ3n) is 5.89. The van der Waals surface area contributed by atoms with Crippen molar-refractivity contribution in [1.82, 2.24) is 29.5 Å². The lowest BCUT2D eigenvalue weighted by Crippen LogP contribution is -2.13. The molecule has 0 atom stereocenters. The van der Waals surface area contributed by atoms with E-state index in [0.717, 1.165) is 27.7 Å². The molecule has 6 aromatic rings. The molecule has 2 N–H and O–H groups in total. The standard InChI is InChI=1S/C25H18N8O/c1-25(2,27-3)21-9-6-16(12-29-21)23-32-31-22-13-28-17-7-4-14(10-19(17)33(22)23)15-5-8-18-20(11-15)34-24(26)30-18/h4-13H,1-2H3,(H2,26,30). The summed E-state index contributed by atoms with van der Waals surface area (Å²) in [6, 6.07) is 15.7. The van der Waals surface area contributed by atoms with Gasteiger partial charge < -0.3 is 15.0 Å². The van der Waals surface area contributed by atoms with Crippen LogP contribution in [0.2, 0.25) is 0 Å². The monoisotopic (exact) mass is 446 g/mol. The van der Waals surface area contributed by atoms with Gasteiger partial charge >= 0.3 is 0 Å². The van der Waals surface area contributed by atoms with Gasteiger partial charge in [-0.2, -0.15) is 4.98 Å². The van der Waals surface area contributed by atoms with Crippen LogP contribution in [0.1, 0.15) is 19.5 Å². The second-order valence-electron chi connectivity index (χ2n) is 8.52. The smallest absolute Gasteiger partial charge is 0.292 e. The lowest BCUT2D eigenvalue weighted by molar-refractivity contribution is 0.626. The number of fused-ring (bicyclic) bond motifs is 4. The number of oxazole rings is 1. The molecule has 0 aliphatic heterocycles. The predicted octanol–water partition coefficient (Wildman–Crippen LogP) is 4.88. The van der Waals surface area contributed by atoms with Crippen molar-refractivity contribution >= 4 is 33.8 Å². The molecule has 2 aromatic carbocycles. The normalized spacial score (nSPS) is 11.9. The van der Waals surface area contributed by atoms with Crippen molar-refractivity contribution in [2.45, 2.75) is 19.4 Å². The maximum Gasteiger partial charge on any atom is 0.292 e. The zero-order valence-electron chi connectivity index (χ0n) is 18.4. The van der Waals surface area contributed by atoms with Crippen LogP contribution in [0.4, 0.5) is 6.01 Å². The fourth-order valence-corrected chi connectivity index (χ4v) is 3.99. The number of nitrogens with zero attached hydrogens (tertiary/aromatic N) is 7. The molecule has 0 unspecified atom stereocenters. The molecule has 0 saturated heterocycles. The minimum atomic E-state index is -0.688. The molecule has 0 aliphatic rings. The van der Waals surface area contributed by atoms with E-state index >= 15 is 0 Å². The van der Waals surface area contributed by atoms with Gasteiger partial charge in [-0.05, 0) is 47.5 Å². The van der Waals surface area contributed by atoms with Crippen molar-refractivity contribution in [2.75, 3.05) is 5.73 Å². The van der Waals surface area contributed by atoms with E-state index in [2.05, 4.69) is 30.0 Å². The van der Waals surface area contributed by atoms with Crippen molar-refractivity contribution in [3.8, 4) is 22.5 Å². The Kier molecular flexibility index (Phi) is 4.13. The molecule has 0 amide bonds. The van der Waals surface area contributed by atoms with E-state index in [1.54, 1.807) is 12.4 Å². The van der Waals surface area contributed by atoms with Crippen LogP contribution in [-0.4, -0.2) is 29.5 Å². The summed E-state index contributed by atoms with van der Waals surface area (Å²) in [6.07, 6.45) is 3.43. The lowest BCUT2D eigenvalue weighted by Gasteiger charge is -2.11. The fourth-order valence-electron chi connectivity index (χ4n) is 3.99. The van der Waals surface area contributed by atoms with Crippen LogP contribution < -0.4 is 5.73 Å². The number of benzene rings is 2. The molecule has 9 nitrogen and oxygen atoms in total. The van der Waals surface area contributed by atoms with Crippen molar-refractivity contribution in [3.05, 3.63) is 78.0 Å². The van der Waals surface area contributed by atoms with Gasteiger partial charge in [-0.3, -0.25) is 14.4 Å². The molecule has 0 saturated carbocycles. The van der Waals surface area contributed by atoms with Crippen molar-refractivity contribution in [3.63, 3.8) is 0 Å². The molecule has 0 bridgehead atoms. The van der Waals surface area contributed by atoms with Gasteiger partial charge in [0.2, 0.25) is 0 Å². The molecule has 0 radical (unpaired) electrons. The van der Waals surface area contributed by atoms with Gasteiger partial charge in [0, 0.05) is 25.6 Å². The Bertz CT molecular complexity index is 1760. The topological polar surface area (TPSA) is 112 Å². The van der Waals surface area contributed by atoms with Gasteiger partial charge in [0.15, 0.2) is 17.1 Å². The number of nitrogens with two attached hydrogens (primary N) is 1. The first kappa shape index (κ1) is 19.8. The van der Waals surface area contributed by atoms with E-state index in [1.165, 1.54) is 0 Å². The van der Waals surface area contributed by atoms with Crippen molar-refractivity contribution in [2.24, 2.45) is 0 Å². The Morgan fingerprint density at radius 3 is 2.44 bits per heavy atom. The first-order chi connectivity index (χ1) is 16.4. The van der Waals surface area contributed by atoms with E-state index in [1.807, 2.05) is 66.8 Å². The number of hydrogen-bond donors (Lipinski definition) is 1. The number of rotatable bonds is 3. The summed E-state index contributed by atoms with van der Waals surface area (Å²) in [5, 5.41) is 8.72. The van der Waals surface area contributed by atoms with Crippen LogP contribution in [0.25, 0.3) is 55.1 Å². The number of nitrogen functional groups attached to an aromatic ring is 1. The van der Waals surface area contributed by atoms with E-state index in [-0.39, 0.29) is 6.01 Å². The Hall–Kier alpha value is -4.84. The molecular weight excluding hydrogens is 428 g/mol. The summed E-state index contributed by atoms with van der Waals surface area (Å²) in [6.45, 7) is 11.1. The molecule has 0 spiro atoms. The van der Waals surface area contributed by atoms with Crippen molar-refractivity contribution < 1.29 is 4.42 Å². The highest BCUT2D eigenvalue weighted by atomic mass is 16.4.